The van der Waals surface area contributed by atoms with Crippen LogP contribution in [0.25, 0.3) is 0 Å². The summed E-state index contributed by atoms with van der Waals surface area (Å²) in [4.78, 5) is 3.76. The van der Waals surface area contributed by atoms with Gasteiger partial charge in [0, 0.05) is 18.3 Å². The Bertz CT molecular complexity index is 271. The van der Waals surface area contributed by atoms with Crippen molar-refractivity contribution >= 4 is 0 Å². The summed E-state index contributed by atoms with van der Waals surface area (Å²) < 4.78 is 36.3. The lowest BCUT2D eigenvalue weighted by Gasteiger charge is -2.16. The summed E-state index contributed by atoms with van der Waals surface area (Å²) in [5, 5.41) is 0. The first-order valence-electron chi connectivity index (χ1n) is 4.19. The molecule has 0 saturated carbocycles. The molecule has 1 rings (SSSR count). The summed E-state index contributed by atoms with van der Waals surface area (Å²) in [6.45, 7) is -0.0226. The standard InChI is InChI=1S/C9H11F3N2/c10-9(11,12)4-8(5-13)7-2-1-3-14-6-7/h1-3,6,8H,4-5,13H2. The van der Waals surface area contributed by atoms with E-state index in [0.717, 1.165) is 0 Å². The summed E-state index contributed by atoms with van der Waals surface area (Å²) >= 11 is 0. The maximum absolute atomic E-state index is 12.1. The van der Waals surface area contributed by atoms with Crippen molar-refractivity contribution in [2.45, 2.75) is 18.5 Å². The molecule has 78 valence electrons. The molecule has 0 aromatic carbocycles. The highest BCUT2D eigenvalue weighted by atomic mass is 19.4. The molecule has 0 aliphatic rings. The minimum Gasteiger partial charge on any atom is -0.330 e. The van der Waals surface area contributed by atoms with Crippen molar-refractivity contribution in [2.75, 3.05) is 6.54 Å². The molecule has 1 aromatic heterocycles. The minimum atomic E-state index is -4.18. The fourth-order valence-corrected chi connectivity index (χ4v) is 1.23. The molecule has 0 fully saturated rings. The lowest BCUT2D eigenvalue weighted by molar-refractivity contribution is -0.138. The Morgan fingerprint density at radius 1 is 1.43 bits per heavy atom. The van der Waals surface area contributed by atoms with E-state index in [1.54, 1.807) is 12.1 Å². The van der Waals surface area contributed by atoms with E-state index in [4.69, 9.17) is 5.73 Å². The smallest absolute Gasteiger partial charge is 0.330 e. The fraction of sp³-hybridized carbons (Fsp3) is 0.444. The molecule has 0 aliphatic heterocycles. The molecule has 14 heavy (non-hydrogen) atoms. The lowest BCUT2D eigenvalue weighted by atomic mass is 9.97. The van der Waals surface area contributed by atoms with Gasteiger partial charge in [-0.25, -0.2) is 0 Å². The van der Waals surface area contributed by atoms with Crippen LogP contribution < -0.4 is 5.73 Å². The number of hydrogen-bond donors (Lipinski definition) is 1. The number of rotatable bonds is 3. The quantitative estimate of drug-likeness (QED) is 0.818. The average Bonchev–Trinajstić information content (AvgIpc) is 2.14. The van der Waals surface area contributed by atoms with E-state index in [0.29, 0.717) is 5.56 Å². The van der Waals surface area contributed by atoms with Gasteiger partial charge >= 0.3 is 6.18 Å². The second-order valence-electron chi connectivity index (χ2n) is 3.04. The van der Waals surface area contributed by atoms with Crippen LogP contribution in [0.4, 0.5) is 13.2 Å². The number of nitrogens with two attached hydrogens (primary N) is 1. The summed E-state index contributed by atoms with van der Waals surface area (Å²) in [6, 6.07) is 3.21. The van der Waals surface area contributed by atoms with Gasteiger partial charge in [0.25, 0.3) is 0 Å². The molecule has 0 amide bonds. The van der Waals surface area contributed by atoms with Crippen molar-refractivity contribution in [1.82, 2.24) is 4.98 Å². The molecule has 0 spiro atoms. The first-order chi connectivity index (χ1) is 6.53. The molecule has 1 aromatic rings. The Hall–Kier alpha value is -1.10. The van der Waals surface area contributed by atoms with Crippen LogP contribution in [0.1, 0.15) is 17.9 Å². The van der Waals surface area contributed by atoms with Crippen LogP contribution in [0.15, 0.2) is 24.5 Å². The van der Waals surface area contributed by atoms with Gasteiger partial charge in [0.2, 0.25) is 0 Å². The molecule has 1 unspecified atom stereocenters. The molecule has 2 nitrogen and oxygen atoms in total. The highest BCUT2D eigenvalue weighted by Gasteiger charge is 2.31. The Morgan fingerprint density at radius 3 is 2.57 bits per heavy atom. The second kappa shape index (κ2) is 4.41. The van der Waals surface area contributed by atoms with Crippen molar-refractivity contribution in [3.63, 3.8) is 0 Å². The van der Waals surface area contributed by atoms with Crippen molar-refractivity contribution < 1.29 is 13.2 Å². The van der Waals surface area contributed by atoms with Crippen LogP contribution >= 0.6 is 0 Å². The van der Waals surface area contributed by atoms with E-state index in [9.17, 15) is 13.2 Å². The predicted molar refractivity (Wildman–Crippen MR) is 46.7 cm³/mol. The number of halogens is 3. The normalized spacial score (nSPS) is 14.0. The van der Waals surface area contributed by atoms with Gasteiger partial charge in [-0.2, -0.15) is 13.2 Å². The number of pyridine rings is 1. The predicted octanol–water partition coefficient (Wildman–Crippen LogP) is 2.08. The topological polar surface area (TPSA) is 38.9 Å². The third kappa shape index (κ3) is 3.33. The summed E-state index contributed by atoms with van der Waals surface area (Å²) in [7, 11) is 0. The van der Waals surface area contributed by atoms with Gasteiger partial charge in [0.15, 0.2) is 0 Å². The van der Waals surface area contributed by atoms with Gasteiger partial charge in [-0.05, 0) is 18.2 Å². The van der Waals surface area contributed by atoms with E-state index in [1.165, 1.54) is 12.4 Å². The fourth-order valence-electron chi connectivity index (χ4n) is 1.23. The molecular formula is C9H11F3N2. The zero-order valence-electron chi connectivity index (χ0n) is 7.46. The van der Waals surface area contributed by atoms with Crippen LogP contribution in [0, 0.1) is 0 Å². The van der Waals surface area contributed by atoms with Gasteiger partial charge in [-0.1, -0.05) is 6.07 Å². The van der Waals surface area contributed by atoms with Gasteiger partial charge < -0.3 is 5.73 Å². The van der Waals surface area contributed by atoms with E-state index in [-0.39, 0.29) is 6.54 Å². The van der Waals surface area contributed by atoms with Crippen LogP contribution in [0.3, 0.4) is 0 Å². The second-order valence-corrected chi connectivity index (χ2v) is 3.04. The zero-order chi connectivity index (χ0) is 10.6. The largest absolute Gasteiger partial charge is 0.389 e. The number of aromatic nitrogens is 1. The van der Waals surface area contributed by atoms with Crippen LogP contribution in [0.5, 0.6) is 0 Å². The van der Waals surface area contributed by atoms with E-state index in [2.05, 4.69) is 4.98 Å². The summed E-state index contributed by atoms with van der Waals surface area (Å²) in [5.41, 5.74) is 5.82. The molecule has 1 heterocycles. The third-order valence-corrected chi connectivity index (χ3v) is 1.92. The summed E-state index contributed by atoms with van der Waals surface area (Å²) in [5.74, 6) is -0.691. The molecule has 5 heteroatoms. The summed E-state index contributed by atoms with van der Waals surface area (Å²) in [6.07, 6.45) is -2.14. The van der Waals surface area contributed by atoms with Gasteiger partial charge in [0.05, 0.1) is 6.42 Å². The van der Waals surface area contributed by atoms with E-state index < -0.39 is 18.5 Å². The molecule has 0 saturated heterocycles. The maximum atomic E-state index is 12.1. The van der Waals surface area contributed by atoms with Crippen LogP contribution in [0.2, 0.25) is 0 Å². The monoisotopic (exact) mass is 204 g/mol. The Kier molecular flexibility index (Phi) is 3.46. The number of nitrogens with zero attached hydrogens (tertiary/aromatic N) is 1. The zero-order valence-corrected chi connectivity index (χ0v) is 7.46. The Balaban J connectivity index is 2.73. The minimum absolute atomic E-state index is 0.0226. The molecular weight excluding hydrogens is 193 g/mol. The molecule has 2 N–H and O–H groups in total. The van der Waals surface area contributed by atoms with Crippen molar-refractivity contribution in [3.8, 4) is 0 Å². The number of hydrogen-bond acceptors (Lipinski definition) is 2. The van der Waals surface area contributed by atoms with E-state index >= 15 is 0 Å². The Labute approximate surface area is 79.9 Å². The Morgan fingerprint density at radius 2 is 2.14 bits per heavy atom. The highest BCUT2D eigenvalue weighted by molar-refractivity contribution is 5.15. The molecule has 1 atom stereocenters. The van der Waals surface area contributed by atoms with Crippen molar-refractivity contribution in [1.29, 1.82) is 0 Å². The van der Waals surface area contributed by atoms with Crippen LogP contribution in [-0.4, -0.2) is 17.7 Å². The third-order valence-electron chi connectivity index (χ3n) is 1.92. The van der Waals surface area contributed by atoms with Gasteiger partial charge in [-0.15, -0.1) is 0 Å². The molecule has 0 radical (unpaired) electrons. The first kappa shape index (κ1) is 11.0. The highest BCUT2D eigenvalue weighted by Crippen LogP contribution is 2.29. The SMILES string of the molecule is NCC(CC(F)(F)F)c1cccnc1. The molecule has 0 bridgehead atoms. The van der Waals surface area contributed by atoms with Crippen molar-refractivity contribution in [2.24, 2.45) is 5.73 Å². The molecule has 0 aliphatic carbocycles. The lowest BCUT2D eigenvalue weighted by Crippen LogP contribution is -2.20. The van der Waals surface area contributed by atoms with Crippen molar-refractivity contribution in [3.05, 3.63) is 30.1 Å². The van der Waals surface area contributed by atoms with Gasteiger partial charge in [-0.3, -0.25) is 4.98 Å². The maximum Gasteiger partial charge on any atom is 0.389 e. The van der Waals surface area contributed by atoms with Crippen LogP contribution in [-0.2, 0) is 0 Å². The van der Waals surface area contributed by atoms with E-state index in [1.807, 2.05) is 0 Å². The average molecular weight is 204 g/mol. The first-order valence-corrected chi connectivity index (χ1v) is 4.19. The van der Waals surface area contributed by atoms with Gasteiger partial charge in [0.1, 0.15) is 0 Å². The number of alkyl halides is 3.